The van der Waals surface area contributed by atoms with E-state index < -0.39 is 44.8 Å². The maximum absolute atomic E-state index is 14.7. The standard InChI is InChI=1S/C32H34N2O7S/c35-29-30(36)32(41-22-26-16-8-10-18-34(26)37)28(20-24-13-5-2-6-14-24)42(38,39)27(19-23-11-3-1-4-12-23)31(29)40-21-25-15-7-9-17-33-25/h1-18,27-32,35-36H,19-22H2/t27-,28-,29-,30-,31+,32+/m1/s1. The summed E-state index contributed by atoms with van der Waals surface area (Å²) < 4.78 is 42.2. The highest BCUT2D eigenvalue weighted by Gasteiger charge is 2.54. The molecule has 9 nitrogen and oxygen atoms in total. The normalized spacial score (nSPS) is 25.5. The maximum atomic E-state index is 14.7. The van der Waals surface area contributed by atoms with Crippen LogP contribution >= 0.6 is 0 Å². The zero-order chi connectivity index (χ0) is 29.5. The van der Waals surface area contributed by atoms with Crippen LogP contribution in [0, 0.1) is 5.21 Å². The van der Waals surface area contributed by atoms with E-state index in [1.54, 1.807) is 42.6 Å². The van der Waals surface area contributed by atoms with Gasteiger partial charge in [-0.15, -0.1) is 0 Å². The highest BCUT2D eigenvalue weighted by molar-refractivity contribution is 7.92. The number of aromatic nitrogens is 2. The van der Waals surface area contributed by atoms with Gasteiger partial charge in [0.1, 0.15) is 31.0 Å². The van der Waals surface area contributed by atoms with E-state index in [1.807, 2.05) is 60.7 Å². The predicted octanol–water partition coefficient (Wildman–Crippen LogP) is 2.56. The Kier molecular flexibility index (Phi) is 9.61. The molecule has 2 aromatic heterocycles. The molecule has 1 fully saturated rings. The molecule has 2 N–H and O–H groups in total. The van der Waals surface area contributed by atoms with Crippen molar-refractivity contribution >= 4 is 9.84 Å². The fourth-order valence-electron chi connectivity index (χ4n) is 5.42. The van der Waals surface area contributed by atoms with Gasteiger partial charge >= 0.3 is 0 Å². The Labute approximate surface area is 245 Å². The second-order valence-corrected chi connectivity index (χ2v) is 12.8. The molecule has 0 bridgehead atoms. The van der Waals surface area contributed by atoms with Crippen LogP contribution < -0.4 is 4.73 Å². The van der Waals surface area contributed by atoms with E-state index in [0.29, 0.717) is 10.4 Å². The molecule has 2 aromatic carbocycles. The first-order valence-corrected chi connectivity index (χ1v) is 15.4. The third-order valence-corrected chi connectivity index (χ3v) is 10.2. The number of rotatable bonds is 10. The highest BCUT2D eigenvalue weighted by atomic mass is 32.2. The Morgan fingerprint density at radius 1 is 0.714 bits per heavy atom. The molecule has 5 rings (SSSR count). The van der Waals surface area contributed by atoms with Crippen molar-refractivity contribution in [2.45, 2.75) is 61.0 Å². The summed E-state index contributed by atoms with van der Waals surface area (Å²) in [5, 5.41) is 33.0. The molecule has 0 saturated carbocycles. The Hall–Kier alpha value is -3.67. The van der Waals surface area contributed by atoms with Gasteiger partial charge in [0.25, 0.3) is 0 Å². The first kappa shape index (κ1) is 29.8. The lowest BCUT2D eigenvalue weighted by Gasteiger charge is -2.30. The predicted molar refractivity (Wildman–Crippen MR) is 156 cm³/mol. The van der Waals surface area contributed by atoms with Gasteiger partial charge in [0.15, 0.2) is 16.0 Å². The lowest BCUT2D eigenvalue weighted by molar-refractivity contribution is -0.616. The van der Waals surface area contributed by atoms with Crippen molar-refractivity contribution in [2.24, 2.45) is 0 Å². The second kappa shape index (κ2) is 13.5. The molecule has 42 heavy (non-hydrogen) atoms. The van der Waals surface area contributed by atoms with E-state index >= 15 is 0 Å². The largest absolute Gasteiger partial charge is 0.618 e. The first-order valence-electron chi connectivity index (χ1n) is 13.8. The van der Waals surface area contributed by atoms with Crippen molar-refractivity contribution in [2.75, 3.05) is 0 Å². The SMILES string of the molecule is O=S1(=O)[C@H](Cc2ccccc2)[C@H](OCc2ccccn2)[C@H](O)[C@@H](O)[C@@H](OCc2cccc[n+]2[O-])[C@H]1Cc1ccccc1. The Morgan fingerprint density at radius 3 is 1.76 bits per heavy atom. The van der Waals surface area contributed by atoms with Crippen LogP contribution in [0.3, 0.4) is 0 Å². The van der Waals surface area contributed by atoms with Crippen molar-refractivity contribution in [3.8, 4) is 0 Å². The maximum Gasteiger partial charge on any atom is 0.218 e. The molecular formula is C32H34N2O7S. The monoisotopic (exact) mass is 590 g/mol. The second-order valence-electron chi connectivity index (χ2n) is 10.4. The molecule has 10 heteroatoms. The minimum atomic E-state index is -4.16. The molecule has 0 unspecified atom stereocenters. The van der Waals surface area contributed by atoms with E-state index in [1.165, 1.54) is 6.20 Å². The summed E-state index contributed by atoms with van der Waals surface area (Å²) in [6.45, 7) is -0.326. The average molecular weight is 591 g/mol. The van der Waals surface area contributed by atoms with Gasteiger partial charge in [-0.3, -0.25) is 4.98 Å². The number of hydrogen-bond donors (Lipinski definition) is 2. The van der Waals surface area contributed by atoms with E-state index in [4.69, 9.17) is 9.47 Å². The molecule has 4 aromatic rings. The van der Waals surface area contributed by atoms with Gasteiger partial charge in [0.2, 0.25) is 5.69 Å². The van der Waals surface area contributed by atoms with Crippen LogP contribution in [0.15, 0.2) is 109 Å². The third-order valence-electron chi connectivity index (χ3n) is 7.64. The minimum Gasteiger partial charge on any atom is -0.618 e. The number of ether oxygens (including phenoxy) is 2. The molecule has 220 valence electrons. The number of aliphatic hydroxyl groups excluding tert-OH is 2. The van der Waals surface area contributed by atoms with Crippen molar-refractivity contribution < 1.29 is 32.8 Å². The number of sulfone groups is 1. The van der Waals surface area contributed by atoms with Gasteiger partial charge in [-0.25, -0.2) is 8.42 Å². The van der Waals surface area contributed by atoms with Crippen LogP contribution in [0.2, 0.25) is 0 Å². The molecular weight excluding hydrogens is 556 g/mol. The highest BCUT2D eigenvalue weighted by Crippen LogP contribution is 2.34. The quantitative estimate of drug-likeness (QED) is 0.213. The van der Waals surface area contributed by atoms with Crippen LogP contribution in [0.5, 0.6) is 0 Å². The molecule has 0 aliphatic carbocycles. The molecule has 0 spiro atoms. The van der Waals surface area contributed by atoms with Crippen molar-refractivity contribution in [1.82, 2.24) is 4.98 Å². The Bertz CT molecular complexity index is 1520. The van der Waals surface area contributed by atoms with Crippen molar-refractivity contribution in [3.63, 3.8) is 0 Å². The number of hydrogen-bond acceptors (Lipinski definition) is 8. The number of pyridine rings is 2. The smallest absolute Gasteiger partial charge is 0.218 e. The minimum absolute atomic E-state index is 0.0298. The molecule has 0 radical (unpaired) electrons. The number of nitrogens with zero attached hydrogens (tertiary/aromatic N) is 2. The van der Waals surface area contributed by atoms with E-state index in [9.17, 15) is 23.8 Å². The summed E-state index contributed by atoms with van der Waals surface area (Å²) in [7, 11) is -4.16. The van der Waals surface area contributed by atoms with Gasteiger partial charge in [-0.2, -0.15) is 4.73 Å². The molecule has 0 amide bonds. The zero-order valence-corrected chi connectivity index (χ0v) is 23.7. The lowest BCUT2D eigenvalue weighted by Crippen LogP contribution is -2.49. The van der Waals surface area contributed by atoms with Crippen molar-refractivity contribution in [1.29, 1.82) is 0 Å². The van der Waals surface area contributed by atoms with Gasteiger partial charge < -0.3 is 24.9 Å². The van der Waals surface area contributed by atoms with Crippen LogP contribution in [0.4, 0.5) is 0 Å². The summed E-state index contributed by atoms with van der Waals surface area (Å²) in [4.78, 5) is 4.26. The summed E-state index contributed by atoms with van der Waals surface area (Å²) in [6, 6.07) is 28.3. The summed E-state index contributed by atoms with van der Waals surface area (Å²) in [5.41, 5.74) is 2.26. The van der Waals surface area contributed by atoms with E-state index in [0.717, 1.165) is 11.1 Å². The fourth-order valence-corrected chi connectivity index (χ4v) is 7.94. The van der Waals surface area contributed by atoms with Crippen LogP contribution in [0.25, 0.3) is 0 Å². The summed E-state index contributed by atoms with van der Waals surface area (Å²) >= 11 is 0. The summed E-state index contributed by atoms with van der Waals surface area (Å²) in [6.07, 6.45) is -2.90. The van der Waals surface area contributed by atoms with Crippen molar-refractivity contribution in [3.05, 3.63) is 137 Å². The number of benzene rings is 2. The van der Waals surface area contributed by atoms with Crippen LogP contribution in [-0.2, 0) is 45.4 Å². The fraction of sp³-hybridized carbons (Fsp3) is 0.312. The topological polar surface area (TPSA) is 133 Å². The third kappa shape index (κ3) is 6.86. The Balaban J connectivity index is 1.56. The van der Waals surface area contributed by atoms with Gasteiger partial charge in [-0.1, -0.05) is 66.7 Å². The van der Waals surface area contributed by atoms with Gasteiger partial charge in [0, 0.05) is 18.3 Å². The average Bonchev–Trinajstić information content (AvgIpc) is 3.06. The lowest BCUT2D eigenvalue weighted by atomic mass is 9.94. The van der Waals surface area contributed by atoms with Crippen LogP contribution in [-0.4, -0.2) is 58.5 Å². The zero-order valence-electron chi connectivity index (χ0n) is 22.9. The molecule has 6 atom stereocenters. The molecule has 1 aliphatic rings. The molecule has 1 saturated heterocycles. The summed E-state index contributed by atoms with van der Waals surface area (Å²) in [5.74, 6) is 0. The van der Waals surface area contributed by atoms with Crippen LogP contribution in [0.1, 0.15) is 22.5 Å². The van der Waals surface area contributed by atoms with Gasteiger partial charge in [0.05, 0.1) is 22.8 Å². The number of aliphatic hydroxyl groups is 2. The molecule has 3 heterocycles. The van der Waals surface area contributed by atoms with Gasteiger partial charge in [-0.05, 0) is 42.2 Å². The molecule has 1 aliphatic heterocycles. The van der Waals surface area contributed by atoms with E-state index in [2.05, 4.69) is 4.98 Å². The van der Waals surface area contributed by atoms with E-state index in [-0.39, 0.29) is 31.7 Å². The Morgan fingerprint density at radius 2 is 1.24 bits per heavy atom. The first-order chi connectivity index (χ1) is 20.3.